The molecule has 0 aliphatic carbocycles. The number of hydrazine groups is 1. The highest BCUT2D eigenvalue weighted by Crippen LogP contribution is 2.27. The smallest absolute Gasteiger partial charge is 0.271 e. The normalized spacial score (nSPS) is 22.1. The van der Waals surface area contributed by atoms with E-state index < -0.39 is 4.92 Å². The molecule has 1 aromatic rings. The molecule has 0 saturated carbocycles. The number of nitrogens with one attached hydrogen (secondary N) is 2. The number of halogens is 1. The third-order valence-corrected chi connectivity index (χ3v) is 4.36. The highest BCUT2D eigenvalue weighted by molar-refractivity contribution is 7.80. The number of non-ortho nitro benzene ring substituents is 1. The Bertz CT molecular complexity index is 574. The molecule has 1 aliphatic rings. The van der Waals surface area contributed by atoms with Crippen LogP contribution in [0.2, 0.25) is 5.02 Å². The van der Waals surface area contributed by atoms with Gasteiger partial charge in [0.15, 0.2) is 5.11 Å². The lowest BCUT2D eigenvalue weighted by Gasteiger charge is -2.39. The van der Waals surface area contributed by atoms with Gasteiger partial charge in [-0.05, 0) is 45.0 Å². The Labute approximate surface area is 139 Å². The first-order chi connectivity index (χ1) is 10.4. The molecule has 8 heteroatoms. The zero-order valence-electron chi connectivity index (χ0n) is 12.5. The fourth-order valence-corrected chi connectivity index (χ4v) is 3.01. The maximum absolute atomic E-state index is 10.8. The first-order valence-electron chi connectivity index (χ1n) is 7.18. The molecule has 0 radical (unpaired) electrons. The van der Waals surface area contributed by atoms with Crippen LogP contribution in [-0.2, 0) is 0 Å². The molecule has 22 heavy (non-hydrogen) atoms. The van der Waals surface area contributed by atoms with Gasteiger partial charge in [-0.1, -0.05) is 18.0 Å². The summed E-state index contributed by atoms with van der Waals surface area (Å²) in [7, 11) is 0. The van der Waals surface area contributed by atoms with Crippen molar-refractivity contribution in [3.63, 3.8) is 0 Å². The Balaban J connectivity index is 2.05. The van der Waals surface area contributed by atoms with Gasteiger partial charge in [0.05, 0.1) is 15.6 Å². The minimum atomic E-state index is -0.466. The van der Waals surface area contributed by atoms with Gasteiger partial charge in [-0.2, -0.15) is 0 Å². The van der Waals surface area contributed by atoms with E-state index >= 15 is 0 Å². The third-order valence-electron chi connectivity index (χ3n) is 3.83. The quantitative estimate of drug-likeness (QED) is 0.495. The van der Waals surface area contributed by atoms with Crippen LogP contribution in [-0.4, -0.2) is 27.1 Å². The van der Waals surface area contributed by atoms with Gasteiger partial charge in [-0.25, -0.2) is 5.01 Å². The van der Waals surface area contributed by atoms with Crippen LogP contribution in [0.4, 0.5) is 11.4 Å². The van der Waals surface area contributed by atoms with Crippen LogP contribution >= 0.6 is 23.8 Å². The van der Waals surface area contributed by atoms with Crippen molar-refractivity contribution in [2.24, 2.45) is 0 Å². The Hall–Kier alpha value is -1.44. The maximum atomic E-state index is 10.8. The molecule has 1 aromatic carbocycles. The number of hydrogen-bond acceptors (Lipinski definition) is 4. The molecule has 6 nitrogen and oxygen atoms in total. The van der Waals surface area contributed by atoms with Crippen LogP contribution in [0.15, 0.2) is 18.2 Å². The molecule has 0 amide bonds. The van der Waals surface area contributed by atoms with E-state index in [-0.39, 0.29) is 5.69 Å². The molecule has 1 fully saturated rings. The van der Waals surface area contributed by atoms with E-state index in [9.17, 15) is 10.1 Å². The Kier molecular flexibility index (Phi) is 5.55. The van der Waals surface area contributed by atoms with Crippen LogP contribution in [0.5, 0.6) is 0 Å². The predicted octanol–water partition coefficient (Wildman–Crippen LogP) is 3.71. The first-order valence-corrected chi connectivity index (χ1v) is 7.97. The van der Waals surface area contributed by atoms with E-state index in [1.165, 1.54) is 24.6 Å². The molecule has 1 heterocycles. The van der Waals surface area contributed by atoms with Crippen LogP contribution < -0.4 is 10.7 Å². The lowest BCUT2D eigenvalue weighted by atomic mass is 10.00. The topological polar surface area (TPSA) is 70.4 Å². The van der Waals surface area contributed by atoms with Crippen molar-refractivity contribution in [1.82, 2.24) is 10.4 Å². The van der Waals surface area contributed by atoms with Crippen LogP contribution in [0, 0.1) is 10.1 Å². The van der Waals surface area contributed by atoms with Gasteiger partial charge in [-0.3, -0.25) is 15.5 Å². The Morgan fingerprint density at radius 1 is 1.41 bits per heavy atom. The average molecular weight is 343 g/mol. The average Bonchev–Trinajstić information content (AvgIpc) is 2.45. The van der Waals surface area contributed by atoms with Gasteiger partial charge in [0, 0.05) is 24.2 Å². The van der Waals surface area contributed by atoms with Crippen molar-refractivity contribution < 1.29 is 4.92 Å². The monoisotopic (exact) mass is 342 g/mol. The number of hydrogen-bond donors (Lipinski definition) is 2. The van der Waals surface area contributed by atoms with E-state index in [1.807, 2.05) is 0 Å². The number of nitro benzene ring substituents is 1. The molecule has 2 atom stereocenters. The molecule has 0 unspecified atom stereocenters. The van der Waals surface area contributed by atoms with Gasteiger partial charge in [0.1, 0.15) is 0 Å². The van der Waals surface area contributed by atoms with Crippen molar-refractivity contribution >= 4 is 40.3 Å². The summed E-state index contributed by atoms with van der Waals surface area (Å²) in [6, 6.07) is 4.97. The molecular formula is C14H19ClN4O2S. The van der Waals surface area contributed by atoms with E-state index in [2.05, 4.69) is 29.6 Å². The summed E-state index contributed by atoms with van der Waals surface area (Å²) in [6.45, 7) is 4.29. The maximum Gasteiger partial charge on any atom is 0.271 e. The second-order valence-electron chi connectivity index (χ2n) is 5.52. The lowest BCUT2D eigenvalue weighted by molar-refractivity contribution is -0.384. The summed E-state index contributed by atoms with van der Waals surface area (Å²) in [5.41, 5.74) is 3.56. The summed E-state index contributed by atoms with van der Waals surface area (Å²) in [4.78, 5) is 10.4. The van der Waals surface area contributed by atoms with Crippen molar-refractivity contribution in [2.45, 2.75) is 45.2 Å². The highest BCUT2D eigenvalue weighted by Gasteiger charge is 2.25. The Morgan fingerprint density at radius 2 is 2.05 bits per heavy atom. The second kappa shape index (κ2) is 7.21. The number of rotatable bonds is 3. The number of piperidine rings is 1. The third kappa shape index (κ3) is 4.06. The van der Waals surface area contributed by atoms with Gasteiger partial charge in [-0.15, -0.1) is 0 Å². The molecule has 2 N–H and O–H groups in total. The molecule has 2 rings (SSSR count). The summed E-state index contributed by atoms with van der Waals surface area (Å²) >= 11 is 11.4. The second-order valence-corrected chi connectivity index (χ2v) is 6.34. The number of anilines is 1. The van der Waals surface area contributed by atoms with Gasteiger partial charge < -0.3 is 5.32 Å². The molecule has 0 aromatic heterocycles. The minimum absolute atomic E-state index is 0.0330. The van der Waals surface area contributed by atoms with E-state index in [0.29, 0.717) is 27.9 Å². The standard InChI is InChI=1S/C14H19ClN4O2S/c1-9-4-3-5-10(2)18(9)17-14(22)16-13-8-11(19(20)21)6-7-12(13)15/h6-10H,3-5H2,1-2H3,(H2,16,17,22)/t9-,10-/m0/s1. The Morgan fingerprint density at radius 3 is 2.64 bits per heavy atom. The zero-order valence-corrected chi connectivity index (χ0v) is 14.1. The zero-order chi connectivity index (χ0) is 16.3. The van der Waals surface area contributed by atoms with Gasteiger partial charge in [0.25, 0.3) is 5.69 Å². The fourth-order valence-electron chi connectivity index (χ4n) is 2.63. The summed E-state index contributed by atoms with van der Waals surface area (Å²) in [5, 5.41) is 16.6. The molecule has 0 bridgehead atoms. The van der Waals surface area contributed by atoms with Crippen LogP contribution in [0.1, 0.15) is 33.1 Å². The van der Waals surface area contributed by atoms with Crippen LogP contribution in [0.3, 0.4) is 0 Å². The predicted molar refractivity (Wildman–Crippen MR) is 92.1 cm³/mol. The van der Waals surface area contributed by atoms with E-state index in [1.54, 1.807) is 0 Å². The molecular weight excluding hydrogens is 324 g/mol. The van der Waals surface area contributed by atoms with Crippen molar-refractivity contribution in [2.75, 3.05) is 5.32 Å². The van der Waals surface area contributed by atoms with Crippen molar-refractivity contribution in [3.05, 3.63) is 33.3 Å². The lowest BCUT2D eigenvalue weighted by Crippen LogP contribution is -2.55. The largest absolute Gasteiger partial charge is 0.330 e. The van der Waals surface area contributed by atoms with Crippen molar-refractivity contribution in [3.8, 4) is 0 Å². The highest BCUT2D eigenvalue weighted by atomic mass is 35.5. The summed E-state index contributed by atoms with van der Waals surface area (Å²) in [6.07, 6.45) is 3.42. The van der Waals surface area contributed by atoms with Gasteiger partial charge in [0.2, 0.25) is 0 Å². The first kappa shape index (κ1) is 16.9. The number of nitro groups is 1. The van der Waals surface area contributed by atoms with Crippen LogP contribution in [0.25, 0.3) is 0 Å². The minimum Gasteiger partial charge on any atom is -0.330 e. The number of benzene rings is 1. The van der Waals surface area contributed by atoms with Crippen molar-refractivity contribution in [1.29, 1.82) is 0 Å². The molecule has 0 spiro atoms. The summed E-state index contributed by atoms with van der Waals surface area (Å²) < 4.78 is 0. The molecule has 120 valence electrons. The SMILES string of the molecule is C[C@H]1CCC[C@H](C)N1NC(=S)Nc1cc([N+](=O)[O-])ccc1Cl. The van der Waals surface area contributed by atoms with Gasteiger partial charge >= 0.3 is 0 Å². The number of nitrogens with zero attached hydrogens (tertiary/aromatic N) is 2. The van der Waals surface area contributed by atoms with E-state index in [0.717, 1.165) is 12.8 Å². The van der Waals surface area contributed by atoms with E-state index in [4.69, 9.17) is 23.8 Å². The molecule has 1 aliphatic heterocycles. The molecule has 1 saturated heterocycles. The number of thiocarbonyl (C=S) groups is 1. The fraction of sp³-hybridized carbons (Fsp3) is 0.500. The summed E-state index contributed by atoms with van der Waals surface area (Å²) in [5.74, 6) is 0.